The zero-order chi connectivity index (χ0) is 19.8. The average molecular weight is 378 g/mol. The lowest BCUT2D eigenvalue weighted by atomic mass is 10.2. The number of hydrogen-bond donors (Lipinski definition) is 0. The molecule has 0 saturated heterocycles. The van der Waals surface area contributed by atoms with Crippen LogP contribution in [0.15, 0.2) is 64.4 Å². The van der Waals surface area contributed by atoms with Gasteiger partial charge < -0.3 is 4.57 Å². The topological polar surface area (TPSA) is 61.8 Å². The molecule has 0 fully saturated rings. The van der Waals surface area contributed by atoms with Crippen molar-refractivity contribution >= 4 is 11.2 Å². The van der Waals surface area contributed by atoms with Crippen molar-refractivity contribution in [1.82, 2.24) is 18.7 Å². The zero-order valence-corrected chi connectivity index (χ0v) is 15.6. The van der Waals surface area contributed by atoms with E-state index in [0.717, 1.165) is 5.56 Å². The second-order valence-electron chi connectivity index (χ2n) is 6.63. The van der Waals surface area contributed by atoms with E-state index in [0.29, 0.717) is 22.4 Å². The maximum Gasteiger partial charge on any atom is 0.337 e. The Kier molecular flexibility index (Phi) is 4.43. The highest BCUT2D eigenvalue weighted by molar-refractivity contribution is 5.73. The summed E-state index contributed by atoms with van der Waals surface area (Å²) < 4.78 is 17.9. The average Bonchev–Trinajstić information content (AvgIpc) is 3.07. The lowest BCUT2D eigenvalue weighted by Crippen LogP contribution is -2.39. The van der Waals surface area contributed by atoms with E-state index in [1.807, 2.05) is 31.2 Å². The van der Waals surface area contributed by atoms with Crippen LogP contribution in [0.4, 0.5) is 4.39 Å². The highest BCUT2D eigenvalue weighted by Crippen LogP contribution is 2.17. The van der Waals surface area contributed by atoms with Crippen LogP contribution in [0.1, 0.15) is 18.1 Å². The van der Waals surface area contributed by atoms with Crippen LogP contribution in [0.2, 0.25) is 0 Å². The predicted molar refractivity (Wildman–Crippen MR) is 106 cm³/mol. The molecule has 0 spiro atoms. The molecule has 2 aromatic heterocycles. The van der Waals surface area contributed by atoms with Crippen LogP contribution in [0.3, 0.4) is 0 Å². The van der Waals surface area contributed by atoms with E-state index >= 15 is 0 Å². The van der Waals surface area contributed by atoms with E-state index in [2.05, 4.69) is 4.98 Å². The van der Waals surface area contributed by atoms with Gasteiger partial charge >= 0.3 is 5.69 Å². The smallest absolute Gasteiger partial charge is 0.320 e. The fourth-order valence-electron chi connectivity index (χ4n) is 3.44. The monoisotopic (exact) mass is 378 g/mol. The van der Waals surface area contributed by atoms with Gasteiger partial charge in [0, 0.05) is 13.1 Å². The maximum absolute atomic E-state index is 13.6. The summed E-state index contributed by atoms with van der Waals surface area (Å²) in [5.41, 5.74) is 2.06. The van der Waals surface area contributed by atoms with Gasteiger partial charge in [-0.05, 0) is 43.2 Å². The van der Waals surface area contributed by atoms with E-state index < -0.39 is 11.2 Å². The van der Waals surface area contributed by atoms with Crippen molar-refractivity contribution in [2.24, 2.45) is 0 Å². The summed E-state index contributed by atoms with van der Waals surface area (Å²) in [6.07, 6.45) is 1.52. The number of halogens is 1. The fourth-order valence-corrected chi connectivity index (χ4v) is 3.44. The Labute approximate surface area is 160 Å². The van der Waals surface area contributed by atoms with Crippen LogP contribution in [-0.4, -0.2) is 18.7 Å². The van der Waals surface area contributed by atoms with Gasteiger partial charge in [0.25, 0.3) is 5.56 Å². The molecule has 0 saturated carbocycles. The minimum atomic E-state index is -0.426. The number of imidazole rings is 1. The number of aromatic nitrogens is 4. The summed E-state index contributed by atoms with van der Waals surface area (Å²) in [4.78, 5) is 30.4. The molecule has 0 N–H and O–H groups in total. The molecule has 0 bridgehead atoms. The van der Waals surface area contributed by atoms with E-state index in [-0.39, 0.29) is 18.9 Å². The Morgan fingerprint density at radius 1 is 1.07 bits per heavy atom. The van der Waals surface area contributed by atoms with Crippen LogP contribution >= 0.6 is 0 Å². The highest BCUT2D eigenvalue weighted by Gasteiger charge is 2.19. The van der Waals surface area contributed by atoms with Crippen LogP contribution in [0.5, 0.6) is 0 Å². The minimum absolute atomic E-state index is 0.241. The van der Waals surface area contributed by atoms with E-state index in [4.69, 9.17) is 0 Å². The molecule has 28 heavy (non-hydrogen) atoms. The Morgan fingerprint density at radius 3 is 2.57 bits per heavy atom. The molecule has 0 atom stereocenters. The largest absolute Gasteiger partial charge is 0.337 e. The van der Waals surface area contributed by atoms with Crippen LogP contribution < -0.4 is 11.2 Å². The van der Waals surface area contributed by atoms with Gasteiger partial charge in [0.1, 0.15) is 5.82 Å². The summed E-state index contributed by atoms with van der Waals surface area (Å²) in [6.45, 7) is 4.17. The zero-order valence-electron chi connectivity index (χ0n) is 15.6. The van der Waals surface area contributed by atoms with E-state index in [1.165, 1.54) is 27.6 Å². The van der Waals surface area contributed by atoms with Crippen molar-refractivity contribution in [2.45, 2.75) is 26.9 Å². The molecule has 0 aliphatic rings. The van der Waals surface area contributed by atoms with Gasteiger partial charge in [-0.25, -0.2) is 18.7 Å². The molecule has 2 heterocycles. The summed E-state index contributed by atoms with van der Waals surface area (Å²) >= 11 is 0. The van der Waals surface area contributed by atoms with Gasteiger partial charge in [-0.2, -0.15) is 0 Å². The molecule has 7 heteroatoms. The van der Waals surface area contributed by atoms with Crippen molar-refractivity contribution in [3.63, 3.8) is 0 Å². The first kappa shape index (κ1) is 17.9. The van der Waals surface area contributed by atoms with Gasteiger partial charge in [-0.15, -0.1) is 0 Å². The van der Waals surface area contributed by atoms with Crippen LogP contribution in [-0.2, 0) is 13.1 Å². The Hall–Kier alpha value is -3.48. The van der Waals surface area contributed by atoms with E-state index in [1.54, 1.807) is 23.6 Å². The number of hydrogen-bond acceptors (Lipinski definition) is 3. The Morgan fingerprint density at radius 2 is 1.86 bits per heavy atom. The standard InChI is InChI=1S/C21H19FN4O2/c1-3-25-20(27)18-19(26(21(25)28)17-10-5-4-7-14(17)2)23-13-24(18)12-15-8-6-9-16(22)11-15/h4-11,13H,3,12H2,1-2H3. The number of benzene rings is 2. The van der Waals surface area contributed by atoms with Crippen LogP contribution in [0.25, 0.3) is 16.9 Å². The molecular formula is C21H19FN4O2. The Bertz CT molecular complexity index is 1300. The molecule has 0 aliphatic heterocycles. The molecule has 0 aliphatic carbocycles. The van der Waals surface area contributed by atoms with Crippen molar-refractivity contribution in [1.29, 1.82) is 0 Å². The predicted octanol–water partition coefficient (Wildman–Crippen LogP) is 2.86. The highest BCUT2D eigenvalue weighted by atomic mass is 19.1. The quantitative estimate of drug-likeness (QED) is 0.549. The molecule has 2 aromatic carbocycles. The second-order valence-corrected chi connectivity index (χ2v) is 6.63. The third-order valence-corrected chi connectivity index (χ3v) is 4.81. The van der Waals surface area contributed by atoms with Crippen molar-refractivity contribution < 1.29 is 4.39 Å². The third-order valence-electron chi connectivity index (χ3n) is 4.81. The molecule has 6 nitrogen and oxygen atoms in total. The maximum atomic E-state index is 13.6. The lowest BCUT2D eigenvalue weighted by Gasteiger charge is -2.13. The molecule has 4 rings (SSSR count). The number of aryl methyl sites for hydroxylation is 1. The SMILES string of the molecule is CCn1c(=O)c2c(ncn2Cc2cccc(F)c2)n(-c2ccccc2C)c1=O. The van der Waals surface area contributed by atoms with Gasteiger partial charge in [0.15, 0.2) is 11.2 Å². The second kappa shape index (κ2) is 6.92. The van der Waals surface area contributed by atoms with Gasteiger partial charge in [-0.1, -0.05) is 30.3 Å². The molecule has 0 radical (unpaired) electrons. The summed E-state index contributed by atoms with van der Waals surface area (Å²) in [7, 11) is 0. The van der Waals surface area contributed by atoms with Crippen molar-refractivity contribution in [3.8, 4) is 5.69 Å². The first-order chi connectivity index (χ1) is 13.5. The van der Waals surface area contributed by atoms with Crippen LogP contribution in [0, 0.1) is 12.7 Å². The van der Waals surface area contributed by atoms with E-state index in [9.17, 15) is 14.0 Å². The fraction of sp³-hybridized carbons (Fsp3) is 0.190. The number of para-hydroxylation sites is 1. The molecular weight excluding hydrogens is 359 g/mol. The van der Waals surface area contributed by atoms with Crippen molar-refractivity contribution in [2.75, 3.05) is 0 Å². The molecule has 0 amide bonds. The number of rotatable bonds is 4. The molecule has 4 aromatic rings. The number of nitrogens with zero attached hydrogens (tertiary/aromatic N) is 4. The van der Waals surface area contributed by atoms with Gasteiger partial charge in [0.2, 0.25) is 0 Å². The molecule has 0 unspecified atom stereocenters. The minimum Gasteiger partial charge on any atom is -0.320 e. The first-order valence-electron chi connectivity index (χ1n) is 9.02. The third kappa shape index (κ3) is 2.85. The van der Waals surface area contributed by atoms with Gasteiger partial charge in [0.05, 0.1) is 12.0 Å². The van der Waals surface area contributed by atoms with Crippen molar-refractivity contribution in [3.05, 3.63) is 92.6 Å². The first-order valence-corrected chi connectivity index (χ1v) is 9.02. The Balaban J connectivity index is 2.02. The summed E-state index contributed by atoms with van der Waals surface area (Å²) in [6, 6.07) is 13.6. The number of fused-ring (bicyclic) bond motifs is 1. The normalized spacial score (nSPS) is 11.2. The van der Waals surface area contributed by atoms with Gasteiger partial charge in [-0.3, -0.25) is 9.36 Å². The summed E-state index contributed by atoms with van der Waals surface area (Å²) in [5, 5.41) is 0. The lowest BCUT2D eigenvalue weighted by molar-refractivity contribution is 0.623. The summed E-state index contributed by atoms with van der Waals surface area (Å²) in [5.74, 6) is -0.343. The molecule has 142 valence electrons.